The summed E-state index contributed by atoms with van der Waals surface area (Å²) in [6, 6.07) is 7.79. The minimum atomic E-state index is -0.751. The normalized spacial score (nSPS) is 13.8. The number of aromatic nitrogens is 4. The quantitative estimate of drug-likeness (QED) is 0.0730. The Balaban J connectivity index is 0.000000309. The summed E-state index contributed by atoms with van der Waals surface area (Å²) in [5, 5.41) is 18.0. The summed E-state index contributed by atoms with van der Waals surface area (Å²) in [6.45, 7) is 15.1. The zero-order valence-corrected chi connectivity index (χ0v) is 39.1. The molecule has 2 saturated heterocycles. The Morgan fingerprint density at radius 3 is 1.49 bits per heavy atom. The van der Waals surface area contributed by atoms with Crippen LogP contribution in [0.2, 0.25) is 0 Å². The molecular formula is C47H68F2N12O7. The Labute approximate surface area is 397 Å². The van der Waals surface area contributed by atoms with Crippen molar-refractivity contribution in [1.29, 1.82) is 0 Å². The number of likely N-dealkylation sites (N-methyl/N-ethyl adjacent to an activating group) is 2. The fourth-order valence-electron chi connectivity index (χ4n) is 7.27. The number of carboxylic acids is 1. The summed E-state index contributed by atoms with van der Waals surface area (Å²) in [5.41, 5.74) is 12.3. The van der Waals surface area contributed by atoms with Gasteiger partial charge in [0.1, 0.15) is 34.8 Å². The van der Waals surface area contributed by atoms with Gasteiger partial charge in [-0.3, -0.25) is 29.0 Å². The van der Waals surface area contributed by atoms with Crippen molar-refractivity contribution < 1.29 is 42.5 Å². The molecule has 1 amide bonds. The summed E-state index contributed by atoms with van der Waals surface area (Å²) < 4.78 is 37.4. The van der Waals surface area contributed by atoms with E-state index in [1.165, 1.54) is 50.9 Å². The standard InChI is InChI=1S/C23H31FN6O3.C17H20FN5O2.C6H13NO2.CH4/c1-4-29(5-2)14-20(31)30-10-8-16(9-11-30)27-23-26-13-18(22(25)28-23)21(32)17-12-15(24)6-7-19(17)33-3;1-25-14-3-2-10(18)8-12(14)15(24)13-9-21-17(23-16(13)19)22-11-4-6-20-7-5-11;1-3-7(4-2)5-6(8)9;/h6-7,12-13,16H,4-5,8-11,14H2,1-3H3,(H3,25,26,27,28);2-3,8-9,11,20H,4-7H2,1H3,(H3,19,21,22,23);3-5H2,1-2H3,(H,8,9);1H4. The number of ether oxygens (including phenoxy) is 2. The lowest BCUT2D eigenvalue weighted by atomic mass is 10.0. The summed E-state index contributed by atoms with van der Waals surface area (Å²) >= 11 is 0. The first-order chi connectivity index (χ1) is 32.1. The van der Waals surface area contributed by atoms with E-state index in [0.29, 0.717) is 31.5 Å². The molecule has 68 heavy (non-hydrogen) atoms. The fourth-order valence-corrected chi connectivity index (χ4v) is 7.27. The van der Waals surface area contributed by atoms with E-state index in [-0.39, 0.29) is 77.4 Å². The number of carbonyl (C=O) groups is 4. The van der Waals surface area contributed by atoms with Crippen LogP contribution >= 0.6 is 0 Å². The third-order valence-corrected chi connectivity index (χ3v) is 11.3. The van der Waals surface area contributed by atoms with Gasteiger partial charge in [-0.25, -0.2) is 18.7 Å². The third kappa shape index (κ3) is 16.3. The number of piperidine rings is 2. The van der Waals surface area contributed by atoms with Crippen molar-refractivity contribution >= 4 is 47.0 Å². The number of halogens is 2. The maximum atomic E-state index is 13.7. The number of rotatable bonds is 18. The highest BCUT2D eigenvalue weighted by molar-refractivity contribution is 6.13. The average Bonchev–Trinajstić information content (AvgIpc) is 3.33. The van der Waals surface area contributed by atoms with Gasteiger partial charge in [-0.1, -0.05) is 35.1 Å². The third-order valence-electron chi connectivity index (χ3n) is 11.3. The van der Waals surface area contributed by atoms with Crippen molar-refractivity contribution in [3.05, 3.63) is 82.7 Å². The number of nitrogens with zero attached hydrogens (tertiary/aromatic N) is 7. The zero-order valence-electron chi connectivity index (χ0n) is 39.1. The van der Waals surface area contributed by atoms with Gasteiger partial charge in [0.25, 0.3) is 0 Å². The van der Waals surface area contributed by atoms with Crippen LogP contribution in [-0.2, 0) is 9.59 Å². The number of nitrogens with two attached hydrogens (primary N) is 2. The molecule has 2 aliphatic heterocycles. The van der Waals surface area contributed by atoms with Crippen LogP contribution in [0.3, 0.4) is 0 Å². The molecular weight excluding hydrogens is 883 g/mol. The molecule has 2 aromatic heterocycles. The number of anilines is 4. The Hall–Kier alpha value is -6.58. The molecule has 2 aromatic carbocycles. The van der Waals surface area contributed by atoms with Crippen LogP contribution in [0.1, 0.15) is 92.6 Å². The van der Waals surface area contributed by atoms with Crippen molar-refractivity contribution in [2.45, 2.75) is 72.9 Å². The molecule has 21 heteroatoms. The minimum absolute atomic E-state index is 0. The number of nitrogen functional groups attached to an aromatic ring is 2. The molecule has 6 rings (SSSR count). The van der Waals surface area contributed by atoms with Gasteiger partial charge in [0.2, 0.25) is 29.4 Å². The first-order valence-electron chi connectivity index (χ1n) is 22.3. The maximum Gasteiger partial charge on any atom is 0.317 e. The minimum Gasteiger partial charge on any atom is -0.496 e. The Morgan fingerprint density at radius 1 is 0.706 bits per heavy atom. The van der Waals surface area contributed by atoms with Crippen LogP contribution < -0.4 is 36.9 Å². The van der Waals surface area contributed by atoms with Gasteiger partial charge < -0.3 is 46.9 Å². The van der Waals surface area contributed by atoms with Gasteiger partial charge >= 0.3 is 5.97 Å². The Kier molecular flexibility index (Phi) is 22.9. The van der Waals surface area contributed by atoms with E-state index in [1.54, 1.807) is 0 Å². The predicted molar refractivity (Wildman–Crippen MR) is 258 cm³/mol. The molecule has 2 fully saturated rings. The van der Waals surface area contributed by atoms with Gasteiger partial charge in [0.15, 0.2) is 0 Å². The second-order valence-electron chi connectivity index (χ2n) is 15.6. The van der Waals surface area contributed by atoms with E-state index < -0.39 is 29.2 Å². The summed E-state index contributed by atoms with van der Waals surface area (Å²) in [5.74, 6) is -1.46. The number of carbonyl (C=O) groups excluding carboxylic acids is 3. The first kappa shape index (κ1) is 55.7. The number of methoxy groups -OCH3 is 2. The van der Waals surface area contributed by atoms with Crippen molar-refractivity contribution in [1.82, 2.24) is 40.0 Å². The van der Waals surface area contributed by atoms with Gasteiger partial charge in [-0.15, -0.1) is 0 Å². The largest absolute Gasteiger partial charge is 0.496 e. The molecule has 0 unspecified atom stereocenters. The van der Waals surface area contributed by atoms with E-state index in [9.17, 15) is 28.0 Å². The van der Waals surface area contributed by atoms with Gasteiger partial charge in [-0.05, 0) is 101 Å². The Bertz CT molecular complexity index is 2270. The van der Waals surface area contributed by atoms with E-state index in [0.717, 1.165) is 77.1 Å². The topological polar surface area (TPSA) is 256 Å². The monoisotopic (exact) mass is 951 g/mol. The fraction of sp³-hybridized carbons (Fsp3) is 0.489. The molecule has 4 aromatic rings. The van der Waals surface area contributed by atoms with Crippen molar-refractivity contribution in [2.75, 3.05) is 102 Å². The number of hydrogen-bond acceptors (Lipinski definition) is 17. The average molecular weight is 951 g/mol. The number of amides is 1. The van der Waals surface area contributed by atoms with Gasteiger partial charge in [0, 0.05) is 37.6 Å². The molecule has 8 N–H and O–H groups in total. The zero-order chi connectivity index (χ0) is 49.0. The molecule has 0 bridgehead atoms. The van der Waals surface area contributed by atoms with Crippen LogP contribution in [0, 0.1) is 11.6 Å². The van der Waals surface area contributed by atoms with E-state index >= 15 is 0 Å². The lowest BCUT2D eigenvalue weighted by Gasteiger charge is -2.33. The number of likely N-dealkylation sites (tertiary alicyclic amines) is 1. The van der Waals surface area contributed by atoms with Crippen molar-refractivity contribution in [2.24, 2.45) is 0 Å². The van der Waals surface area contributed by atoms with Crippen LogP contribution in [0.25, 0.3) is 0 Å². The molecule has 0 aliphatic carbocycles. The molecule has 2 aliphatic rings. The number of benzene rings is 2. The van der Waals surface area contributed by atoms with Crippen molar-refractivity contribution in [3.63, 3.8) is 0 Å². The summed E-state index contributed by atoms with van der Waals surface area (Å²) in [4.78, 5) is 70.7. The van der Waals surface area contributed by atoms with Gasteiger partial charge in [-0.2, -0.15) is 9.97 Å². The second-order valence-corrected chi connectivity index (χ2v) is 15.6. The van der Waals surface area contributed by atoms with Crippen LogP contribution in [0.4, 0.5) is 32.3 Å². The number of aliphatic carboxylic acids is 1. The van der Waals surface area contributed by atoms with Crippen LogP contribution in [0.5, 0.6) is 11.5 Å². The maximum absolute atomic E-state index is 13.7. The van der Waals surface area contributed by atoms with Crippen LogP contribution in [-0.4, -0.2) is 155 Å². The molecule has 0 spiro atoms. The smallest absolute Gasteiger partial charge is 0.317 e. The highest BCUT2D eigenvalue weighted by Crippen LogP contribution is 2.27. The predicted octanol–water partition coefficient (Wildman–Crippen LogP) is 4.83. The lowest BCUT2D eigenvalue weighted by molar-refractivity contribution is -0.138. The van der Waals surface area contributed by atoms with E-state index in [4.69, 9.17) is 26.0 Å². The van der Waals surface area contributed by atoms with E-state index in [2.05, 4.69) is 40.8 Å². The number of hydrogen-bond donors (Lipinski definition) is 6. The van der Waals surface area contributed by atoms with Gasteiger partial charge in [0.05, 0.1) is 49.6 Å². The van der Waals surface area contributed by atoms with E-state index in [1.807, 2.05) is 37.5 Å². The highest BCUT2D eigenvalue weighted by Gasteiger charge is 2.26. The summed E-state index contributed by atoms with van der Waals surface area (Å²) in [7, 11) is 2.81. The molecule has 372 valence electrons. The number of carboxylic acid groups (broad SMARTS) is 1. The number of nitrogens with one attached hydrogen (secondary N) is 3. The summed E-state index contributed by atoms with van der Waals surface area (Å²) in [6.07, 6.45) is 6.14. The number of ketones is 2. The lowest BCUT2D eigenvalue weighted by Crippen LogP contribution is -2.46. The highest BCUT2D eigenvalue weighted by atomic mass is 19.1. The second kappa shape index (κ2) is 27.9. The molecule has 4 heterocycles. The van der Waals surface area contributed by atoms with Crippen LogP contribution in [0.15, 0.2) is 48.8 Å². The molecule has 19 nitrogen and oxygen atoms in total. The Morgan fingerprint density at radius 2 is 1.12 bits per heavy atom. The molecule has 0 saturated carbocycles. The molecule has 0 radical (unpaired) electrons. The SMILES string of the molecule is C.CCN(CC)CC(=O)N1CCC(Nc2ncc(C(=O)c3cc(F)ccc3OC)c(N)n2)CC1.CCN(CC)CC(=O)O.COc1ccc(F)cc1C(=O)c1cnc(NC2CCNCC2)nc1N. The first-order valence-corrected chi connectivity index (χ1v) is 22.3. The van der Waals surface area contributed by atoms with Crippen molar-refractivity contribution in [3.8, 4) is 11.5 Å². The molecule has 0 atom stereocenters.